The number of nitrogens with zero attached hydrogens (tertiary/aromatic N) is 1. The van der Waals surface area contributed by atoms with Crippen molar-refractivity contribution in [3.05, 3.63) is 33.8 Å². The largest absolute Gasteiger partial charge is 0.336 e. The third-order valence-corrected chi connectivity index (χ3v) is 3.42. The Bertz CT molecular complexity index is 400. The summed E-state index contributed by atoms with van der Waals surface area (Å²) in [5.74, 6) is 0.119. The molecule has 0 spiro atoms. The van der Waals surface area contributed by atoms with E-state index in [1.54, 1.807) is 0 Å². The van der Waals surface area contributed by atoms with E-state index in [-0.39, 0.29) is 5.91 Å². The molecule has 0 aliphatic carbocycles. The second-order valence-corrected chi connectivity index (χ2v) is 4.88. The molecule has 16 heavy (non-hydrogen) atoms. The topological polar surface area (TPSA) is 32.3 Å². The van der Waals surface area contributed by atoms with E-state index in [2.05, 4.69) is 21.2 Å². The van der Waals surface area contributed by atoms with Gasteiger partial charge >= 0.3 is 0 Å². The number of amides is 1. The van der Waals surface area contributed by atoms with Gasteiger partial charge in [0.2, 0.25) is 0 Å². The summed E-state index contributed by atoms with van der Waals surface area (Å²) in [5.41, 5.74) is 1.91. The van der Waals surface area contributed by atoms with Crippen molar-refractivity contribution >= 4 is 21.8 Å². The molecule has 0 aromatic heterocycles. The molecule has 3 nitrogen and oxygen atoms in total. The molecule has 1 saturated heterocycles. The number of nitrogens with one attached hydrogen (secondary N) is 1. The van der Waals surface area contributed by atoms with E-state index in [1.807, 2.05) is 30.0 Å². The molecule has 0 bridgehead atoms. The van der Waals surface area contributed by atoms with Crippen LogP contribution in [0.25, 0.3) is 0 Å². The smallest absolute Gasteiger partial charge is 0.255 e. The van der Waals surface area contributed by atoms with Gasteiger partial charge in [0.05, 0.1) is 5.56 Å². The molecular weight excluding hydrogens is 268 g/mol. The van der Waals surface area contributed by atoms with Crippen molar-refractivity contribution < 1.29 is 4.79 Å². The Hall–Kier alpha value is -0.870. The average Bonchev–Trinajstić information content (AvgIpc) is 2.29. The molecule has 0 saturated carbocycles. The van der Waals surface area contributed by atoms with E-state index in [0.717, 1.165) is 41.8 Å². The number of hydrogen-bond donors (Lipinski definition) is 1. The van der Waals surface area contributed by atoms with Crippen molar-refractivity contribution in [2.24, 2.45) is 0 Å². The highest BCUT2D eigenvalue weighted by atomic mass is 79.9. The first-order valence-electron chi connectivity index (χ1n) is 5.44. The van der Waals surface area contributed by atoms with E-state index in [1.165, 1.54) is 0 Å². The maximum Gasteiger partial charge on any atom is 0.255 e. The van der Waals surface area contributed by atoms with Crippen LogP contribution in [-0.2, 0) is 0 Å². The zero-order valence-electron chi connectivity index (χ0n) is 9.29. The van der Waals surface area contributed by atoms with Gasteiger partial charge in [-0.1, -0.05) is 6.07 Å². The lowest BCUT2D eigenvalue weighted by atomic mass is 10.1. The number of benzene rings is 1. The van der Waals surface area contributed by atoms with Gasteiger partial charge in [-0.3, -0.25) is 4.79 Å². The molecule has 0 radical (unpaired) electrons. The van der Waals surface area contributed by atoms with Gasteiger partial charge in [-0.25, -0.2) is 0 Å². The van der Waals surface area contributed by atoms with Gasteiger partial charge in [0.1, 0.15) is 0 Å². The lowest BCUT2D eigenvalue weighted by Gasteiger charge is -2.27. The summed E-state index contributed by atoms with van der Waals surface area (Å²) in [4.78, 5) is 14.1. The van der Waals surface area contributed by atoms with Crippen molar-refractivity contribution in [3.63, 3.8) is 0 Å². The monoisotopic (exact) mass is 282 g/mol. The molecule has 0 unspecified atom stereocenters. The van der Waals surface area contributed by atoms with E-state index >= 15 is 0 Å². The number of piperazine rings is 1. The Morgan fingerprint density at radius 2 is 2.06 bits per heavy atom. The van der Waals surface area contributed by atoms with Crippen molar-refractivity contribution in [1.82, 2.24) is 10.2 Å². The fourth-order valence-corrected chi connectivity index (χ4v) is 2.49. The van der Waals surface area contributed by atoms with Crippen LogP contribution < -0.4 is 5.32 Å². The molecule has 1 aromatic rings. The highest BCUT2D eigenvalue weighted by Gasteiger charge is 2.19. The van der Waals surface area contributed by atoms with Gasteiger partial charge in [-0.2, -0.15) is 0 Å². The van der Waals surface area contributed by atoms with Crippen LogP contribution in [0.4, 0.5) is 0 Å². The lowest BCUT2D eigenvalue weighted by Crippen LogP contribution is -2.46. The minimum Gasteiger partial charge on any atom is -0.336 e. The summed E-state index contributed by atoms with van der Waals surface area (Å²) >= 11 is 3.45. The predicted octanol–water partition coefficient (Wildman–Crippen LogP) is 1.80. The summed E-state index contributed by atoms with van der Waals surface area (Å²) in [5, 5.41) is 3.24. The maximum absolute atomic E-state index is 12.2. The molecule has 1 heterocycles. The van der Waals surface area contributed by atoms with Gasteiger partial charge in [0, 0.05) is 30.7 Å². The van der Waals surface area contributed by atoms with Crippen LogP contribution in [0.2, 0.25) is 0 Å². The molecule has 0 atom stereocenters. The second kappa shape index (κ2) is 4.97. The molecule has 1 fully saturated rings. The molecule has 86 valence electrons. The normalized spacial score (nSPS) is 16.2. The number of halogens is 1. The highest BCUT2D eigenvalue weighted by Crippen LogP contribution is 2.20. The van der Waals surface area contributed by atoms with Crippen LogP contribution in [0.1, 0.15) is 15.9 Å². The number of aryl methyl sites for hydroxylation is 1. The molecule has 1 N–H and O–H groups in total. The first-order valence-corrected chi connectivity index (χ1v) is 6.24. The van der Waals surface area contributed by atoms with Crippen molar-refractivity contribution in [1.29, 1.82) is 0 Å². The molecule has 1 aromatic carbocycles. The Balaban J connectivity index is 2.19. The van der Waals surface area contributed by atoms with E-state index in [4.69, 9.17) is 0 Å². The zero-order chi connectivity index (χ0) is 11.5. The third-order valence-electron chi connectivity index (χ3n) is 2.76. The number of carbonyl (C=O) groups is 1. The Morgan fingerprint density at radius 1 is 1.38 bits per heavy atom. The molecule has 4 heteroatoms. The van der Waals surface area contributed by atoms with Crippen LogP contribution in [0.3, 0.4) is 0 Å². The summed E-state index contributed by atoms with van der Waals surface area (Å²) in [6.07, 6.45) is 0. The third kappa shape index (κ3) is 2.44. The van der Waals surface area contributed by atoms with E-state index in [0.29, 0.717) is 0 Å². The summed E-state index contributed by atoms with van der Waals surface area (Å²) in [6.45, 7) is 5.37. The van der Waals surface area contributed by atoms with Gasteiger partial charge in [-0.15, -0.1) is 0 Å². The minimum absolute atomic E-state index is 0.119. The summed E-state index contributed by atoms with van der Waals surface area (Å²) in [6, 6.07) is 5.85. The van der Waals surface area contributed by atoms with Gasteiger partial charge in [0.25, 0.3) is 5.91 Å². The minimum atomic E-state index is 0.119. The Kier molecular flexibility index (Phi) is 3.61. The average molecular weight is 283 g/mol. The fourth-order valence-electron chi connectivity index (χ4n) is 1.83. The standard InChI is InChI=1S/C12H15BrN2O/c1-9-2-3-10(11(13)8-9)12(16)15-6-4-14-5-7-15/h2-3,8,14H,4-7H2,1H3. The van der Waals surface area contributed by atoms with Gasteiger partial charge < -0.3 is 10.2 Å². The van der Waals surface area contributed by atoms with Crippen LogP contribution in [0.5, 0.6) is 0 Å². The quantitative estimate of drug-likeness (QED) is 0.852. The summed E-state index contributed by atoms with van der Waals surface area (Å²) in [7, 11) is 0. The summed E-state index contributed by atoms with van der Waals surface area (Å²) < 4.78 is 0.885. The Morgan fingerprint density at radius 3 is 2.69 bits per heavy atom. The van der Waals surface area contributed by atoms with Crippen LogP contribution in [-0.4, -0.2) is 37.0 Å². The second-order valence-electron chi connectivity index (χ2n) is 4.03. The van der Waals surface area contributed by atoms with Crippen LogP contribution in [0.15, 0.2) is 22.7 Å². The van der Waals surface area contributed by atoms with Crippen LogP contribution >= 0.6 is 15.9 Å². The molecule has 2 rings (SSSR count). The molecular formula is C12H15BrN2O. The van der Waals surface area contributed by atoms with Crippen molar-refractivity contribution in [3.8, 4) is 0 Å². The maximum atomic E-state index is 12.2. The number of rotatable bonds is 1. The zero-order valence-corrected chi connectivity index (χ0v) is 10.9. The van der Waals surface area contributed by atoms with E-state index < -0.39 is 0 Å². The van der Waals surface area contributed by atoms with Crippen molar-refractivity contribution in [2.75, 3.05) is 26.2 Å². The highest BCUT2D eigenvalue weighted by molar-refractivity contribution is 9.10. The van der Waals surface area contributed by atoms with Gasteiger partial charge in [0.15, 0.2) is 0 Å². The number of carbonyl (C=O) groups excluding carboxylic acids is 1. The van der Waals surface area contributed by atoms with Crippen molar-refractivity contribution in [2.45, 2.75) is 6.92 Å². The lowest BCUT2D eigenvalue weighted by molar-refractivity contribution is 0.0735. The van der Waals surface area contributed by atoms with Gasteiger partial charge in [-0.05, 0) is 40.5 Å². The van der Waals surface area contributed by atoms with Crippen LogP contribution in [0, 0.1) is 6.92 Å². The van der Waals surface area contributed by atoms with E-state index in [9.17, 15) is 4.79 Å². The fraction of sp³-hybridized carbons (Fsp3) is 0.417. The predicted molar refractivity (Wildman–Crippen MR) is 67.7 cm³/mol. The first kappa shape index (κ1) is 11.6. The molecule has 1 aliphatic rings. The number of hydrogen-bond acceptors (Lipinski definition) is 2. The molecule has 1 aliphatic heterocycles. The first-order chi connectivity index (χ1) is 7.68. The molecule has 1 amide bonds. The SMILES string of the molecule is Cc1ccc(C(=O)N2CCNCC2)c(Br)c1. The Labute approximate surface area is 104 Å².